The van der Waals surface area contributed by atoms with Crippen molar-refractivity contribution in [3.63, 3.8) is 0 Å². The number of anilines is 1. The number of aromatic nitrogens is 5. The van der Waals surface area contributed by atoms with Crippen molar-refractivity contribution in [1.29, 1.82) is 0 Å². The number of fused-ring (bicyclic) bond motifs is 1. The number of carboxylic acid groups (broad SMARTS) is 1. The monoisotopic (exact) mass is 382 g/mol. The predicted octanol–water partition coefficient (Wildman–Crippen LogP) is 3.29. The van der Waals surface area contributed by atoms with Crippen molar-refractivity contribution in [3.8, 4) is 11.1 Å². The topological polar surface area (TPSA) is 109 Å². The Morgan fingerprint density at radius 2 is 2.07 bits per heavy atom. The number of aromatic carboxylic acids is 1. The van der Waals surface area contributed by atoms with Crippen LogP contribution in [-0.2, 0) is 6.54 Å². The van der Waals surface area contributed by atoms with Gasteiger partial charge in [0.25, 0.3) is 0 Å². The van der Waals surface area contributed by atoms with Gasteiger partial charge in [0.15, 0.2) is 0 Å². The van der Waals surface area contributed by atoms with Gasteiger partial charge in [-0.15, -0.1) is 10.2 Å². The van der Waals surface area contributed by atoms with E-state index in [1.54, 1.807) is 41.1 Å². The summed E-state index contributed by atoms with van der Waals surface area (Å²) in [5, 5.41) is 21.2. The van der Waals surface area contributed by atoms with Crippen LogP contribution in [0.15, 0.2) is 48.9 Å². The number of halogens is 1. The lowest BCUT2D eigenvalue weighted by Crippen LogP contribution is -2.16. The Hall–Kier alpha value is -3.39. The molecule has 1 aromatic carbocycles. The van der Waals surface area contributed by atoms with E-state index >= 15 is 0 Å². The predicted molar refractivity (Wildman–Crippen MR) is 102 cm³/mol. The average molecular weight is 383 g/mol. The molecule has 0 fully saturated rings. The van der Waals surface area contributed by atoms with E-state index in [2.05, 4.69) is 25.5 Å². The molecule has 3 heterocycles. The molecular weight excluding hydrogens is 368 g/mol. The fourth-order valence-corrected chi connectivity index (χ4v) is 3.22. The normalized spacial score (nSPS) is 11.0. The zero-order valence-corrected chi connectivity index (χ0v) is 14.8. The van der Waals surface area contributed by atoms with Gasteiger partial charge >= 0.3 is 5.97 Å². The average Bonchev–Trinajstić information content (AvgIpc) is 3.29. The maximum absolute atomic E-state index is 12.1. The number of pyridine rings is 1. The molecule has 3 N–H and O–H groups in total. The lowest BCUT2D eigenvalue weighted by atomic mass is 10.0. The van der Waals surface area contributed by atoms with Crippen LogP contribution in [0.5, 0.6) is 0 Å². The quantitative estimate of drug-likeness (QED) is 0.472. The van der Waals surface area contributed by atoms with Gasteiger partial charge in [0, 0.05) is 29.9 Å². The number of carbonyl (C=O) groups is 1. The number of benzene rings is 1. The summed E-state index contributed by atoms with van der Waals surface area (Å²) >= 11 is 5.98. The van der Waals surface area contributed by atoms with Crippen molar-refractivity contribution in [1.82, 2.24) is 24.7 Å². The Kier molecular flexibility index (Phi) is 4.47. The largest absolute Gasteiger partial charge is 0.477 e. The van der Waals surface area contributed by atoms with Crippen molar-refractivity contribution in [3.05, 3.63) is 59.6 Å². The van der Waals surface area contributed by atoms with E-state index in [1.165, 1.54) is 6.33 Å². The van der Waals surface area contributed by atoms with E-state index in [0.717, 1.165) is 11.1 Å². The summed E-state index contributed by atoms with van der Waals surface area (Å²) < 4.78 is 1.75. The third-order valence-corrected chi connectivity index (χ3v) is 4.45. The highest BCUT2D eigenvalue weighted by atomic mass is 35.5. The van der Waals surface area contributed by atoms with Crippen LogP contribution in [0.1, 0.15) is 10.5 Å². The van der Waals surface area contributed by atoms with Gasteiger partial charge in [-0.25, -0.2) is 4.79 Å². The van der Waals surface area contributed by atoms with Crippen LogP contribution in [0.3, 0.4) is 0 Å². The molecule has 27 heavy (non-hydrogen) atoms. The van der Waals surface area contributed by atoms with Gasteiger partial charge in [-0.1, -0.05) is 23.7 Å². The zero-order chi connectivity index (χ0) is 18.8. The molecule has 0 saturated heterocycles. The molecule has 0 atom stereocenters. The van der Waals surface area contributed by atoms with E-state index in [0.29, 0.717) is 35.1 Å². The molecule has 0 radical (unpaired) electrons. The van der Waals surface area contributed by atoms with E-state index in [-0.39, 0.29) is 5.69 Å². The minimum absolute atomic E-state index is 0.186. The molecule has 4 aromatic rings. The fraction of sp³-hybridized carbons (Fsp3) is 0.111. The molecule has 0 aliphatic rings. The first kappa shape index (κ1) is 17.0. The van der Waals surface area contributed by atoms with Gasteiger partial charge in [-0.05, 0) is 29.8 Å². The number of hydrogen-bond acceptors (Lipinski definition) is 5. The number of carboxylic acids is 1. The van der Waals surface area contributed by atoms with Crippen LogP contribution in [-0.4, -0.2) is 42.4 Å². The molecule has 0 spiro atoms. The lowest BCUT2D eigenvalue weighted by Gasteiger charge is -2.09. The maximum atomic E-state index is 12.1. The van der Waals surface area contributed by atoms with Crippen LogP contribution >= 0.6 is 11.6 Å². The smallest absolute Gasteiger partial charge is 0.353 e. The van der Waals surface area contributed by atoms with Gasteiger partial charge in [0.1, 0.15) is 12.0 Å². The SMILES string of the molecule is O=C(O)c1c(-c2ccc(Cl)cc2)c2ncccc2n1CCNc1nnc[nH]1. The third-order valence-electron chi connectivity index (χ3n) is 4.20. The summed E-state index contributed by atoms with van der Waals surface area (Å²) in [7, 11) is 0. The first-order valence-corrected chi connectivity index (χ1v) is 8.59. The first-order valence-electron chi connectivity index (χ1n) is 8.21. The summed E-state index contributed by atoms with van der Waals surface area (Å²) in [4.78, 5) is 19.4. The summed E-state index contributed by atoms with van der Waals surface area (Å²) in [6.07, 6.45) is 3.13. The molecule has 9 heteroatoms. The van der Waals surface area contributed by atoms with Crippen molar-refractivity contribution in [2.75, 3.05) is 11.9 Å². The van der Waals surface area contributed by atoms with Crippen molar-refractivity contribution in [2.45, 2.75) is 6.54 Å². The molecular formula is C18H15ClN6O2. The van der Waals surface area contributed by atoms with E-state index in [9.17, 15) is 9.90 Å². The highest BCUT2D eigenvalue weighted by Crippen LogP contribution is 2.34. The molecule has 3 aromatic heterocycles. The van der Waals surface area contributed by atoms with Crippen LogP contribution < -0.4 is 5.32 Å². The molecule has 0 bridgehead atoms. The van der Waals surface area contributed by atoms with Gasteiger partial charge < -0.3 is 20.0 Å². The number of rotatable bonds is 6. The molecule has 0 amide bonds. The number of hydrogen-bond donors (Lipinski definition) is 3. The highest BCUT2D eigenvalue weighted by Gasteiger charge is 2.24. The summed E-state index contributed by atoms with van der Waals surface area (Å²) in [5.74, 6) is -0.489. The molecule has 0 unspecified atom stereocenters. The second-order valence-electron chi connectivity index (χ2n) is 5.82. The number of H-pyrrole nitrogens is 1. The first-order chi connectivity index (χ1) is 13.1. The van der Waals surface area contributed by atoms with Gasteiger partial charge in [0.05, 0.1) is 11.0 Å². The standard InChI is InChI=1S/C18H15ClN6O2/c19-12-5-3-11(4-6-12)14-15-13(2-1-7-20-15)25(16(14)17(26)27)9-8-21-18-22-10-23-24-18/h1-7,10H,8-9H2,(H,26,27)(H2,21,22,23,24). The Bertz CT molecular complexity index is 1090. The molecule has 0 aliphatic heterocycles. The van der Waals surface area contributed by atoms with Gasteiger partial charge in [-0.3, -0.25) is 4.98 Å². The van der Waals surface area contributed by atoms with Crippen LogP contribution in [0, 0.1) is 0 Å². The summed E-state index contributed by atoms with van der Waals surface area (Å²) in [5.41, 5.74) is 2.90. The number of nitrogens with one attached hydrogen (secondary N) is 2. The van der Waals surface area contributed by atoms with Crippen LogP contribution in [0.2, 0.25) is 5.02 Å². The van der Waals surface area contributed by atoms with Gasteiger partial charge in [0.2, 0.25) is 5.95 Å². The van der Waals surface area contributed by atoms with Crippen molar-refractivity contribution >= 4 is 34.6 Å². The minimum Gasteiger partial charge on any atom is -0.477 e. The maximum Gasteiger partial charge on any atom is 0.353 e. The lowest BCUT2D eigenvalue weighted by molar-refractivity contribution is 0.0686. The highest BCUT2D eigenvalue weighted by molar-refractivity contribution is 6.30. The fourth-order valence-electron chi connectivity index (χ4n) is 3.10. The number of aromatic amines is 1. The Labute approximate surface area is 158 Å². The zero-order valence-electron chi connectivity index (χ0n) is 14.1. The van der Waals surface area contributed by atoms with Gasteiger partial charge in [-0.2, -0.15) is 0 Å². The number of nitrogens with zero attached hydrogens (tertiary/aromatic N) is 4. The second kappa shape index (κ2) is 7.08. The van der Waals surface area contributed by atoms with Crippen LogP contribution in [0.4, 0.5) is 5.95 Å². The van der Waals surface area contributed by atoms with Crippen LogP contribution in [0.25, 0.3) is 22.2 Å². The van der Waals surface area contributed by atoms with Crippen molar-refractivity contribution < 1.29 is 9.90 Å². The summed E-state index contributed by atoms with van der Waals surface area (Å²) in [6, 6.07) is 10.7. The van der Waals surface area contributed by atoms with E-state index in [4.69, 9.17) is 11.6 Å². The molecule has 8 nitrogen and oxygen atoms in total. The minimum atomic E-state index is -1.02. The molecule has 0 aliphatic carbocycles. The Morgan fingerprint density at radius 1 is 1.26 bits per heavy atom. The van der Waals surface area contributed by atoms with E-state index < -0.39 is 5.97 Å². The second-order valence-corrected chi connectivity index (χ2v) is 6.26. The Morgan fingerprint density at radius 3 is 2.78 bits per heavy atom. The van der Waals surface area contributed by atoms with Crippen molar-refractivity contribution in [2.24, 2.45) is 0 Å². The third kappa shape index (κ3) is 3.22. The van der Waals surface area contributed by atoms with E-state index in [1.807, 2.05) is 6.07 Å². The molecule has 0 saturated carbocycles. The molecule has 4 rings (SSSR count). The Balaban J connectivity index is 1.81. The molecule has 136 valence electrons. The summed E-state index contributed by atoms with van der Waals surface area (Å²) in [6.45, 7) is 0.881.